The van der Waals surface area contributed by atoms with Crippen molar-refractivity contribution in [1.82, 2.24) is 4.98 Å². The number of rotatable bonds is 5. The number of ether oxygens (including phenoxy) is 2. The van der Waals surface area contributed by atoms with Gasteiger partial charge in [0.1, 0.15) is 11.6 Å². The van der Waals surface area contributed by atoms with Crippen LogP contribution in [0.3, 0.4) is 0 Å². The summed E-state index contributed by atoms with van der Waals surface area (Å²) in [5, 5.41) is 9.15. The molecule has 1 heterocycles. The Labute approximate surface area is 154 Å². The van der Waals surface area contributed by atoms with Crippen LogP contribution < -0.4 is 15.0 Å². The first kappa shape index (κ1) is 21.1. The number of H-pyrrole nitrogens is 1. The molecule has 1 N–H and O–H groups in total. The Morgan fingerprint density at radius 3 is 2.32 bits per heavy atom. The maximum absolute atomic E-state index is 13.5. The van der Waals surface area contributed by atoms with Crippen molar-refractivity contribution in [3.05, 3.63) is 45.9 Å². The number of hydrogen-bond donors (Lipinski definition) is 1. The van der Waals surface area contributed by atoms with Crippen molar-refractivity contribution in [2.75, 3.05) is 7.11 Å². The first-order valence-electron chi connectivity index (χ1n) is 7.50. The van der Waals surface area contributed by atoms with Crippen molar-refractivity contribution in [2.45, 2.75) is 25.4 Å². The number of methoxy groups -OCH3 is 1. The topological polar surface area (TPSA) is 75.1 Å². The van der Waals surface area contributed by atoms with E-state index in [1.165, 1.54) is 6.07 Å². The second-order valence-corrected chi connectivity index (χ2v) is 5.62. The second kappa shape index (κ2) is 7.46. The van der Waals surface area contributed by atoms with Gasteiger partial charge in [-0.2, -0.15) is 27.2 Å². The molecule has 150 valence electrons. The number of halogens is 6. The summed E-state index contributed by atoms with van der Waals surface area (Å²) < 4.78 is 85.5. The van der Waals surface area contributed by atoms with Gasteiger partial charge in [0, 0.05) is 11.3 Å². The quantitative estimate of drug-likeness (QED) is 0.759. The lowest BCUT2D eigenvalue weighted by Crippen LogP contribution is -2.45. The van der Waals surface area contributed by atoms with Gasteiger partial charge in [-0.1, -0.05) is 6.07 Å². The van der Waals surface area contributed by atoms with Gasteiger partial charge < -0.3 is 14.5 Å². The molecule has 0 saturated carbocycles. The van der Waals surface area contributed by atoms with Crippen LogP contribution in [0, 0.1) is 18.3 Å². The van der Waals surface area contributed by atoms with E-state index in [-0.39, 0.29) is 16.7 Å². The first-order valence-corrected chi connectivity index (χ1v) is 7.50. The van der Waals surface area contributed by atoms with E-state index in [9.17, 15) is 31.1 Å². The zero-order valence-electron chi connectivity index (χ0n) is 14.3. The highest BCUT2D eigenvalue weighted by Crippen LogP contribution is 2.40. The van der Waals surface area contributed by atoms with Crippen LogP contribution in [-0.4, -0.2) is 30.6 Å². The van der Waals surface area contributed by atoms with Gasteiger partial charge in [0.2, 0.25) is 0 Å². The van der Waals surface area contributed by atoms with E-state index in [4.69, 9.17) is 10.00 Å². The number of alkyl halides is 6. The summed E-state index contributed by atoms with van der Waals surface area (Å²) in [5.74, 6) is -1.31. The Morgan fingerprint density at radius 2 is 1.79 bits per heavy atom. The summed E-state index contributed by atoms with van der Waals surface area (Å²) in [6.45, 7) is 1.54. The first-order chi connectivity index (χ1) is 12.9. The highest BCUT2D eigenvalue weighted by molar-refractivity contribution is 5.72. The normalized spacial score (nSPS) is 13.0. The Kier molecular flexibility index (Phi) is 5.63. The average Bonchev–Trinajstić information content (AvgIpc) is 2.59. The molecule has 1 atom stereocenters. The van der Waals surface area contributed by atoms with Gasteiger partial charge in [-0.05, 0) is 30.7 Å². The molecule has 1 aromatic heterocycles. The molecule has 0 bridgehead atoms. The van der Waals surface area contributed by atoms with Crippen LogP contribution >= 0.6 is 0 Å². The summed E-state index contributed by atoms with van der Waals surface area (Å²) in [6, 6.07) is 6.14. The van der Waals surface area contributed by atoms with Gasteiger partial charge in [0.15, 0.2) is 11.5 Å². The molecule has 0 amide bonds. The molecule has 1 unspecified atom stereocenters. The number of nitrogens with one attached hydrogen (secondary N) is 1. The van der Waals surface area contributed by atoms with E-state index in [0.717, 1.165) is 25.3 Å². The van der Waals surface area contributed by atoms with Crippen LogP contribution in [0.1, 0.15) is 11.3 Å². The third-order valence-corrected chi connectivity index (χ3v) is 3.58. The summed E-state index contributed by atoms with van der Waals surface area (Å²) in [4.78, 5) is 14.3. The largest absolute Gasteiger partial charge is 0.493 e. The zero-order chi connectivity index (χ0) is 21.3. The zero-order valence-corrected chi connectivity index (χ0v) is 14.3. The Bertz CT molecular complexity index is 978. The van der Waals surface area contributed by atoms with Gasteiger partial charge in [-0.3, -0.25) is 4.79 Å². The molecule has 0 aliphatic heterocycles. The molecule has 2 aromatic rings. The SMILES string of the molecule is COc1cc(-c2cc(C)[nH]c(=O)c2C#N)ccc1OC(F)(F)C(F)C(F)(F)F. The molecule has 0 aliphatic rings. The smallest absolute Gasteiger partial charge is 0.439 e. The van der Waals surface area contributed by atoms with Gasteiger partial charge in [0.05, 0.1) is 7.11 Å². The predicted octanol–water partition coefficient (Wildman–Crippen LogP) is 4.10. The van der Waals surface area contributed by atoms with Gasteiger partial charge in [0.25, 0.3) is 11.7 Å². The molecule has 0 saturated heterocycles. The summed E-state index contributed by atoms with van der Waals surface area (Å²) >= 11 is 0. The van der Waals surface area contributed by atoms with Crippen LogP contribution in [-0.2, 0) is 0 Å². The fourth-order valence-corrected chi connectivity index (χ4v) is 2.34. The number of aryl methyl sites for hydroxylation is 1. The Morgan fingerprint density at radius 1 is 1.14 bits per heavy atom. The van der Waals surface area contributed by atoms with Crippen LogP contribution in [0.15, 0.2) is 29.1 Å². The molecular weight excluding hydrogens is 394 g/mol. The lowest BCUT2D eigenvalue weighted by molar-refractivity contribution is -0.305. The molecule has 11 heteroatoms. The summed E-state index contributed by atoms with van der Waals surface area (Å²) in [7, 11) is 1.02. The van der Waals surface area contributed by atoms with Gasteiger partial charge in [-0.15, -0.1) is 0 Å². The lowest BCUT2D eigenvalue weighted by Gasteiger charge is -2.24. The minimum Gasteiger partial charge on any atom is -0.493 e. The standard InChI is InChI=1S/C17H12F6N2O3/c1-8-5-10(11(7-24)14(26)25-8)9-3-4-12(13(6-9)27-2)28-17(22,23)15(18)16(19,20)21/h3-6,15H,1-2H3,(H,25,26). The molecule has 1 aromatic carbocycles. The fourth-order valence-electron chi connectivity index (χ4n) is 2.34. The van der Waals surface area contributed by atoms with Crippen molar-refractivity contribution >= 4 is 0 Å². The van der Waals surface area contributed by atoms with Crippen LogP contribution in [0.4, 0.5) is 26.3 Å². The number of pyridine rings is 1. The van der Waals surface area contributed by atoms with Crippen molar-refractivity contribution in [3.63, 3.8) is 0 Å². The Hall–Kier alpha value is -3.16. The van der Waals surface area contributed by atoms with Crippen molar-refractivity contribution < 1.29 is 35.8 Å². The number of aromatic nitrogens is 1. The molecule has 5 nitrogen and oxygen atoms in total. The van der Waals surface area contributed by atoms with E-state index >= 15 is 0 Å². The van der Waals surface area contributed by atoms with E-state index < -0.39 is 35.5 Å². The van der Waals surface area contributed by atoms with Crippen LogP contribution in [0.2, 0.25) is 0 Å². The fraction of sp³-hybridized carbons (Fsp3) is 0.294. The molecular formula is C17H12F6N2O3. The molecule has 28 heavy (non-hydrogen) atoms. The summed E-state index contributed by atoms with van der Waals surface area (Å²) in [6.07, 6.45) is -15.6. The average molecular weight is 406 g/mol. The number of benzene rings is 1. The highest BCUT2D eigenvalue weighted by Gasteiger charge is 2.59. The highest BCUT2D eigenvalue weighted by atomic mass is 19.4. The van der Waals surface area contributed by atoms with Crippen molar-refractivity contribution in [3.8, 4) is 28.7 Å². The van der Waals surface area contributed by atoms with Gasteiger partial charge >= 0.3 is 12.3 Å². The van der Waals surface area contributed by atoms with Crippen molar-refractivity contribution in [1.29, 1.82) is 5.26 Å². The number of aromatic amines is 1. The maximum atomic E-state index is 13.5. The lowest BCUT2D eigenvalue weighted by atomic mass is 10.0. The van der Waals surface area contributed by atoms with Gasteiger partial charge in [-0.25, -0.2) is 4.39 Å². The Balaban J connectivity index is 2.50. The molecule has 0 fully saturated rings. The number of nitriles is 1. The molecule has 0 spiro atoms. The predicted molar refractivity (Wildman–Crippen MR) is 85.0 cm³/mol. The van der Waals surface area contributed by atoms with E-state index in [1.54, 1.807) is 13.0 Å². The second-order valence-electron chi connectivity index (χ2n) is 5.62. The summed E-state index contributed by atoms with van der Waals surface area (Å²) in [5.41, 5.74) is -0.249. The minimum absolute atomic E-state index is 0.138. The van der Waals surface area contributed by atoms with Crippen LogP contribution in [0.5, 0.6) is 11.5 Å². The third kappa shape index (κ3) is 4.21. The van der Waals surface area contributed by atoms with Crippen molar-refractivity contribution in [2.24, 2.45) is 0 Å². The van der Waals surface area contributed by atoms with E-state index in [2.05, 4.69) is 9.72 Å². The maximum Gasteiger partial charge on any atom is 0.439 e. The van der Waals surface area contributed by atoms with E-state index in [0.29, 0.717) is 5.69 Å². The monoisotopic (exact) mass is 406 g/mol. The number of nitrogens with zero attached hydrogens (tertiary/aromatic N) is 1. The van der Waals surface area contributed by atoms with E-state index in [1.807, 2.05) is 0 Å². The van der Waals surface area contributed by atoms with Crippen LogP contribution in [0.25, 0.3) is 11.1 Å². The number of hydrogen-bond acceptors (Lipinski definition) is 4. The minimum atomic E-state index is -5.83. The molecule has 0 aliphatic carbocycles. The molecule has 2 rings (SSSR count). The third-order valence-electron chi connectivity index (χ3n) is 3.58. The molecule has 0 radical (unpaired) electrons.